The molecule has 3 rings (SSSR count). The fourth-order valence-corrected chi connectivity index (χ4v) is 3.38. The number of pyridine rings is 1. The van der Waals surface area contributed by atoms with Gasteiger partial charge in [-0.05, 0) is 29.8 Å². The molecule has 1 atom stereocenters. The minimum Gasteiger partial charge on any atom is -0.293 e. The molecule has 3 nitrogen and oxygen atoms in total. The van der Waals surface area contributed by atoms with E-state index in [2.05, 4.69) is 4.98 Å². The van der Waals surface area contributed by atoms with Crippen LogP contribution in [-0.2, 0) is 4.79 Å². The van der Waals surface area contributed by atoms with Gasteiger partial charge in [0, 0.05) is 11.2 Å². The molecule has 1 fully saturated rings. The lowest BCUT2D eigenvalue weighted by atomic mass is 10.2. The predicted molar refractivity (Wildman–Crippen MR) is 78.4 cm³/mol. The Labute approximate surface area is 120 Å². The van der Waals surface area contributed by atoms with E-state index < -0.39 is 0 Å². The number of halogens is 1. The van der Waals surface area contributed by atoms with Gasteiger partial charge >= 0.3 is 0 Å². The minimum absolute atomic E-state index is 0.00559. The Morgan fingerprint density at radius 3 is 2.74 bits per heavy atom. The molecule has 19 heavy (non-hydrogen) atoms. The van der Waals surface area contributed by atoms with Crippen molar-refractivity contribution in [3.63, 3.8) is 0 Å². The normalized spacial score (nSPS) is 18.9. The predicted octanol–water partition coefficient (Wildman–Crippen LogP) is 3.51. The molecule has 1 saturated heterocycles. The molecule has 96 valence electrons. The van der Waals surface area contributed by atoms with Gasteiger partial charge in [-0.2, -0.15) is 0 Å². The van der Waals surface area contributed by atoms with Crippen molar-refractivity contribution in [2.24, 2.45) is 0 Å². The SMILES string of the molecule is O=C1CS[C@@H](c2ccc(Cl)cc2)N1c1cccnc1. The molecule has 1 aromatic heterocycles. The van der Waals surface area contributed by atoms with Crippen molar-refractivity contribution in [1.82, 2.24) is 4.98 Å². The summed E-state index contributed by atoms with van der Waals surface area (Å²) in [5.74, 6) is 0.597. The van der Waals surface area contributed by atoms with Crippen molar-refractivity contribution in [3.8, 4) is 0 Å². The summed E-state index contributed by atoms with van der Waals surface area (Å²) in [5, 5.41) is 0.694. The molecular weight excluding hydrogens is 280 g/mol. The lowest BCUT2D eigenvalue weighted by molar-refractivity contribution is -0.115. The highest BCUT2D eigenvalue weighted by Gasteiger charge is 2.33. The third-order valence-electron chi connectivity index (χ3n) is 2.95. The average molecular weight is 291 g/mol. The van der Waals surface area contributed by atoms with Crippen LogP contribution in [0.15, 0.2) is 48.8 Å². The van der Waals surface area contributed by atoms with Gasteiger partial charge < -0.3 is 0 Å². The van der Waals surface area contributed by atoms with Crippen molar-refractivity contribution in [2.75, 3.05) is 10.7 Å². The number of carbonyl (C=O) groups is 1. The lowest BCUT2D eigenvalue weighted by Crippen LogP contribution is -2.27. The molecule has 1 aromatic carbocycles. The van der Waals surface area contributed by atoms with E-state index in [1.165, 1.54) is 0 Å². The van der Waals surface area contributed by atoms with Gasteiger partial charge in [-0.15, -0.1) is 11.8 Å². The number of anilines is 1. The van der Waals surface area contributed by atoms with E-state index in [-0.39, 0.29) is 11.3 Å². The molecule has 1 amide bonds. The molecule has 5 heteroatoms. The van der Waals surface area contributed by atoms with Crippen LogP contribution in [0, 0.1) is 0 Å². The van der Waals surface area contributed by atoms with Crippen LogP contribution < -0.4 is 4.90 Å². The van der Waals surface area contributed by atoms with E-state index in [1.807, 2.05) is 36.4 Å². The van der Waals surface area contributed by atoms with Gasteiger partial charge in [0.1, 0.15) is 5.37 Å². The summed E-state index contributed by atoms with van der Waals surface area (Å²) in [4.78, 5) is 18.0. The zero-order valence-electron chi connectivity index (χ0n) is 9.99. The van der Waals surface area contributed by atoms with Gasteiger partial charge in [0.15, 0.2) is 0 Å². The number of aromatic nitrogens is 1. The van der Waals surface area contributed by atoms with Crippen LogP contribution in [0.25, 0.3) is 0 Å². The summed E-state index contributed by atoms with van der Waals surface area (Å²) >= 11 is 7.52. The Bertz CT molecular complexity index is 588. The van der Waals surface area contributed by atoms with Gasteiger partial charge in [-0.1, -0.05) is 23.7 Å². The van der Waals surface area contributed by atoms with Crippen molar-refractivity contribution in [3.05, 3.63) is 59.4 Å². The number of rotatable bonds is 2. The highest BCUT2D eigenvalue weighted by molar-refractivity contribution is 8.00. The molecule has 0 aliphatic carbocycles. The summed E-state index contributed by atoms with van der Waals surface area (Å²) in [6, 6.07) is 11.4. The first-order chi connectivity index (χ1) is 9.25. The first-order valence-electron chi connectivity index (χ1n) is 5.85. The second-order valence-corrected chi connectivity index (χ2v) is 5.69. The maximum Gasteiger partial charge on any atom is 0.238 e. The van der Waals surface area contributed by atoms with Crippen LogP contribution in [-0.4, -0.2) is 16.6 Å². The number of amides is 1. The van der Waals surface area contributed by atoms with Crippen molar-refractivity contribution in [2.45, 2.75) is 5.37 Å². The van der Waals surface area contributed by atoms with Crippen LogP contribution in [0.1, 0.15) is 10.9 Å². The Balaban J connectivity index is 1.97. The summed E-state index contributed by atoms with van der Waals surface area (Å²) < 4.78 is 0. The Morgan fingerprint density at radius 1 is 1.26 bits per heavy atom. The summed E-state index contributed by atoms with van der Waals surface area (Å²) in [6.45, 7) is 0. The van der Waals surface area contributed by atoms with E-state index in [9.17, 15) is 4.79 Å². The number of hydrogen-bond donors (Lipinski definition) is 0. The number of benzene rings is 1. The van der Waals surface area contributed by atoms with E-state index in [1.54, 1.807) is 29.1 Å². The maximum absolute atomic E-state index is 12.1. The molecule has 0 spiro atoms. The van der Waals surface area contributed by atoms with E-state index >= 15 is 0 Å². The van der Waals surface area contributed by atoms with E-state index in [0.717, 1.165) is 11.3 Å². The molecule has 0 unspecified atom stereocenters. The fourth-order valence-electron chi connectivity index (χ4n) is 2.07. The molecule has 2 heterocycles. The van der Waals surface area contributed by atoms with Crippen LogP contribution in [0.2, 0.25) is 5.02 Å². The third-order valence-corrected chi connectivity index (χ3v) is 4.41. The van der Waals surface area contributed by atoms with Crippen molar-refractivity contribution < 1.29 is 4.79 Å². The molecular formula is C14H11ClN2OS. The maximum atomic E-state index is 12.1. The quantitative estimate of drug-likeness (QED) is 0.848. The molecule has 0 saturated carbocycles. The van der Waals surface area contributed by atoms with Crippen LogP contribution in [0.5, 0.6) is 0 Å². The molecule has 2 aromatic rings. The molecule has 1 aliphatic heterocycles. The van der Waals surface area contributed by atoms with Crippen LogP contribution >= 0.6 is 23.4 Å². The van der Waals surface area contributed by atoms with Crippen molar-refractivity contribution >= 4 is 35.0 Å². The van der Waals surface area contributed by atoms with Gasteiger partial charge in [0.25, 0.3) is 0 Å². The first kappa shape index (κ1) is 12.5. The molecule has 0 N–H and O–H groups in total. The smallest absolute Gasteiger partial charge is 0.238 e. The molecule has 1 aliphatic rings. The summed E-state index contributed by atoms with van der Waals surface area (Å²) in [7, 11) is 0. The number of hydrogen-bond acceptors (Lipinski definition) is 3. The first-order valence-corrected chi connectivity index (χ1v) is 7.27. The van der Waals surface area contributed by atoms with Gasteiger partial charge in [-0.25, -0.2) is 0 Å². The van der Waals surface area contributed by atoms with Crippen LogP contribution in [0.3, 0.4) is 0 Å². The monoisotopic (exact) mass is 290 g/mol. The summed E-state index contributed by atoms with van der Waals surface area (Å²) in [5.41, 5.74) is 1.90. The number of carbonyl (C=O) groups excluding carboxylic acids is 1. The van der Waals surface area contributed by atoms with E-state index in [4.69, 9.17) is 11.6 Å². The van der Waals surface area contributed by atoms with Gasteiger partial charge in [-0.3, -0.25) is 14.7 Å². The highest BCUT2D eigenvalue weighted by atomic mass is 35.5. The Morgan fingerprint density at radius 2 is 2.05 bits per heavy atom. The lowest BCUT2D eigenvalue weighted by Gasteiger charge is -2.23. The summed E-state index contributed by atoms with van der Waals surface area (Å²) in [6.07, 6.45) is 3.42. The third kappa shape index (κ3) is 2.46. The molecule has 0 radical (unpaired) electrons. The minimum atomic E-state index is -0.00559. The Kier molecular flexibility index (Phi) is 3.44. The van der Waals surface area contributed by atoms with Gasteiger partial charge in [0.05, 0.1) is 17.6 Å². The number of nitrogens with zero attached hydrogens (tertiary/aromatic N) is 2. The topological polar surface area (TPSA) is 33.2 Å². The second kappa shape index (κ2) is 5.23. The average Bonchev–Trinajstić information content (AvgIpc) is 2.82. The highest BCUT2D eigenvalue weighted by Crippen LogP contribution is 2.41. The largest absolute Gasteiger partial charge is 0.293 e. The van der Waals surface area contributed by atoms with Crippen LogP contribution in [0.4, 0.5) is 5.69 Å². The fraction of sp³-hybridized carbons (Fsp3) is 0.143. The second-order valence-electron chi connectivity index (χ2n) is 4.19. The van der Waals surface area contributed by atoms with Gasteiger partial charge in [0.2, 0.25) is 5.91 Å². The number of thioether (sulfide) groups is 1. The van der Waals surface area contributed by atoms with Crippen molar-refractivity contribution in [1.29, 1.82) is 0 Å². The van der Waals surface area contributed by atoms with E-state index in [0.29, 0.717) is 10.8 Å². The zero-order chi connectivity index (χ0) is 13.2. The Hall–Kier alpha value is -1.52. The standard InChI is InChI=1S/C14H11ClN2OS/c15-11-5-3-10(4-6-11)14-17(13(18)9-19-14)12-2-1-7-16-8-12/h1-8,14H,9H2/t14-/m0/s1. The zero-order valence-corrected chi connectivity index (χ0v) is 11.6. The molecule has 0 bridgehead atoms.